The van der Waals surface area contributed by atoms with Crippen LogP contribution in [-0.2, 0) is 11.3 Å². The van der Waals surface area contributed by atoms with E-state index in [-0.39, 0.29) is 6.10 Å². The largest absolute Gasteiger partial charge is 0.462 e. The van der Waals surface area contributed by atoms with Crippen LogP contribution in [0.3, 0.4) is 0 Å². The summed E-state index contributed by atoms with van der Waals surface area (Å²) >= 11 is 0. The smallest absolute Gasteiger partial charge is 0.133 e. The Balaban J connectivity index is 1.32. The quantitative estimate of drug-likeness (QED) is 0.839. The zero-order valence-electron chi connectivity index (χ0n) is 15.9. The van der Waals surface area contributed by atoms with E-state index in [0.29, 0.717) is 5.54 Å². The van der Waals surface area contributed by atoms with Gasteiger partial charge in [-0.3, -0.25) is 9.80 Å². The van der Waals surface area contributed by atoms with Gasteiger partial charge in [0.1, 0.15) is 17.6 Å². The van der Waals surface area contributed by atoms with Crippen molar-refractivity contribution in [3.05, 3.63) is 23.7 Å². The fourth-order valence-corrected chi connectivity index (χ4v) is 4.77. The number of likely N-dealkylation sites (tertiary alicyclic amines) is 1. The number of piperazine rings is 1. The Labute approximate surface area is 151 Å². The summed E-state index contributed by atoms with van der Waals surface area (Å²) in [5, 5.41) is 0. The van der Waals surface area contributed by atoms with Gasteiger partial charge in [-0.2, -0.15) is 0 Å². The summed E-state index contributed by atoms with van der Waals surface area (Å²) in [6, 6.07) is 4.28. The molecular weight excluding hydrogens is 314 g/mol. The minimum absolute atomic E-state index is 0.179. The van der Waals surface area contributed by atoms with Crippen LogP contribution in [0, 0.1) is 0 Å². The van der Waals surface area contributed by atoms with Gasteiger partial charge in [0.05, 0.1) is 6.54 Å². The van der Waals surface area contributed by atoms with Crippen molar-refractivity contribution in [2.75, 3.05) is 53.4 Å². The highest BCUT2D eigenvalue weighted by Gasteiger charge is 2.41. The van der Waals surface area contributed by atoms with Gasteiger partial charge >= 0.3 is 0 Å². The lowest BCUT2D eigenvalue weighted by Gasteiger charge is -2.52. The summed E-state index contributed by atoms with van der Waals surface area (Å²) in [7, 11) is 4.57. The van der Waals surface area contributed by atoms with Crippen molar-refractivity contribution in [2.45, 2.75) is 50.3 Å². The molecule has 5 nitrogen and oxygen atoms in total. The standard InChI is InChI=1S/C20H33N3O2/c1-21-12-13-22(2)20(16-21)8-10-23(11-9-20)15-17-6-7-19(25-17)18-5-3-4-14-24-18/h6-7,18H,3-5,8-16H2,1-2H3/t18-/m1/s1. The number of likely N-dealkylation sites (N-methyl/N-ethyl adjacent to an activating group) is 2. The summed E-state index contributed by atoms with van der Waals surface area (Å²) < 4.78 is 12.0. The topological polar surface area (TPSA) is 32.1 Å². The molecule has 4 rings (SSSR count). The van der Waals surface area contributed by atoms with E-state index in [9.17, 15) is 0 Å². The van der Waals surface area contributed by atoms with Crippen LogP contribution >= 0.6 is 0 Å². The van der Waals surface area contributed by atoms with E-state index >= 15 is 0 Å². The molecule has 0 aromatic carbocycles. The van der Waals surface area contributed by atoms with Crippen molar-refractivity contribution in [3.63, 3.8) is 0 Å². The van der Waals surface area contributed by atoms with Crippen molar-refractivity contribution >= 4 is 0 Å². The molecule has 1 spiro atoms. The molecule has 5 heteroatoms. The Kier molecular flexibility index (Phi) is 5.18. The first-order chi connectivity index (χ1) is 12.1. The third kappa shape index (κ3) is 3.80. The van der Waals surface area contributed by atoms with Gasteiger partial charge in [0.2, 0.25) is 0 Å². The Morgan fingerprint density at radius 3 is 2.68 bits per heavy atom. The Morgan fingerprint density at radius 2 is 1.92 bits per heavy atom. The van der Waals surface area contributed by atoms with Crippen LogP contribution in [0.4, 0.5) is 0 Å². The van der Waals surface area contributed by atoms with Crippen LogP contribution in [0.25, 0.3) is 0 Å². The third-order valence-electron chi connectivity index (χ3n) is 6.54. The van der Waals surface area contributed by atoms with E-state index in [2.05, 4.69) is 40.9 Å². The first-order valence-electron chi connectivity index (χ1n) is 9.97. The van der Waals surface area contributed by atoms with Gasteiger partial charge in [0.25, 0.3) is 0 Å². The summed E-state index contributed by atoms with van der Waals surface area (Å²) in [5.41, 5.74) is 0.383. The molecule has 3 fully saturated rings. The van der Waals surface area contributed by atoms with E-state index in [1.165, 1.54) is 45.3 Å². The molecule has 0 radical (unpaired) electrons. The van der Waals surface area contributed by atoms with E-state index in [1.807, 2.05) is 0 Å². The molecule has 1 aromatic heterocycles. The maximum absolute atomic E-state index is 6.12. The van der Waals surface area contributed by atoms with Gasteiger partial charge in [0.15, 0.2) is 0 Å². The average molecular weight is 348 g/mol. The molecule has 0 amide bonds. The van der Waals surface area contributed by atoms with Gasteiger partial charge in [-0.25, -0.2) is 0 Å². The van der Waals surface area contributed by atoms with Crippen LogP contribution in [0.5, 0.6) is 0 Å². The number of nitrogens with zero attached hydrogens (tertiary/aromatic N) is 3. The van der Waals surface area contributed by atoms with Crippen LogP contribution in [0.15, 0.2) is 16.5 Å². The van der Waals surface area contributed by atoms with E-state index in [0.717, 1.165) is 44.2 Å². The molecule has 25 heavy (non-hydrogen) atoms. The molecule has 0 unspecified atom stereocenters. The number of ether oxygens (including phenoxy) is 1. The Hall–Kier alpha value is -0.880. The Morgan fingerprint density at radius 1 is 1.08 bits per heavy atom. The molecule has 0 N–H and O–H groups in total. The molecule has 4 heterocycles. The molecule has 3 aliphatic heterocycles. The Bertz CT molecular complexity index is 559. The second-order valence-electron chi connectivity index (χ2n) is 8.32. The molecule has 0 saturated carbocycles. The molecule has 1 aromatic rings. The van der Waals surface area contributed by atoms with Crippen LogP contribution in [-0.4, -0.2) is 73.7 Å². The molecule has 3 saturated heterocycles. The predicted octanol–water partition coefficient (Wildman–Crippen LogP) is 2.73. The van der Waals surface area contributed by atoms with Gasteiger partial charge in [-0.15, -0.1) is 0 Å². The number of furan rings is 1. The first-order valence-corrected chi connectivity index (χ1v) is 9.97. The van der Waals surface area contributed by atoms with Gasteiger partial charge in [-0.05, 0) is 58.3 Å². The molecule has 1 atom stereocenters. The van der Waals surface area contributed by atoms with Gasteiger partial charge < -0.3 is 14.1 Å². The third-order valence-corrected chi connectivity index (χ3v) is 6.54. The summed E-state index contributed by atoms with van der Waals surface area (Å²) in [5.74, 6) is 2.12. The van der Waals surface area contributed by atoms with Gasteiger partial charge in [-0.1, -0.05) is 0 Å². The lowest BCUT2D eigenvalue weighted by Crippen LogP contribution is -2.63. The fraction of sp³-hybridized carbons (Fsp3) is 0.800. The van der Waals surface area contributed by atoms with Crippen LogP contribution in [0.1, 0.15) is 49.7 Å². The summed E-state index contributed by atoms with van der Waals surface area (Å²) in [6.07, 6.45) is 6.22. The van der Waals surface area contributed by atoms with Crippen molar-refractivity contribution < 1.29 is 9.15 Å². The minimum Gasteiger partial charge on any atom is -0.462 e. The lowest BCUT2D eigenvalue weighted by molar-refractivity contribution is -0.0223. The lowest BCUT2D eigenvalue weighted by atomic mass is 9.84. The highest BCUT2D eigenvalue weighted by Crippen LogP contribution is 2.33. The molecular formula is C20H33N3O2. The molecule has 0 aliphatic carbocycles. The first kappa shape index (κ1) is 17.5. The van der Waals surface area contributed by atoms with Crippen molar-refractivity contribution in [3.8, 4) is 0 Å². The van der Waals surface area contributed by atoms with Crippen molar-refractivity contribution in [1.29, 1.82) is 0 Å². The zero-order chi connectivity index (χ0) is 17.3. The van der Waals surface area contributed by atoms with Gasteiger partial charge in [0, 0.05) is 44.9 Å². The number of hydrogen-bond donors (Lipinski definition) is 0. The summed E-state index contributed by atoms with van der Waals surface area (Å²) in [4.78, 5) is 7.66. The predicted molar refractivity (Wildman–Crippen MR) is 98.6 cm³/mol. The zero-order valence-corrected chi connectivity index (χ0v) is 15.9. The number of piperidine rings is 1. The second-order valence-corrected chi connectivity index (χ2v) is 8.32. The van der Waals surface area contributed by atoms with Crippen molar-refractivity contribution in [2.24, 2.45) is 0 Å². The monoisotopic (exact) mass is 347 g/mol. The fourth-order valence-electron chi connectivity index (χ4n) is 4.77. The maximum Gasteiger partial charge on any atom is 0.133 e. The molecule has 3 aliphatic rings. The average Bonchev–Trinajstić information content (AvgIpc) is 3.10. The van der Waals surface area contributed by atoms with E-state index in [4.69, 9.17) is 9.15 Å². The number of rotatable bonds is 3. The highest BCUT2D eigenvalue weighted by atomic mass is 16.5. The van der Waals surface area contributed by atoms with E-state index < -0.39 is 0 Å². The van der Waals surface area contributed by atoms with E-state index in [1.54, 1.807) is 0 Å². The SMILES string of the molecule is CN1CCN(C)C2(CCN(Cc3ccc([C@H]4CCCCO4)o3)CC2)C1. The molecule has 140 valence electrons. The minimum atomic E-state index is 0.179. The summed E-state index contributed by atoms with van der Waals surface area (Å²) in [6.45, 7) is 7.72. The van der Waals surface area contributed by atoms with Crippen LogP contribution in [0.2, 0.25) is 0 Å². The molecule has 0 bridgehead atoms. The number of hydrogen-bond acceptors (Lipinski definition) is 5. The highest BCUT2D eigenvalue weighted by molar-refractivity contribution is 5.10. The van der Waals surface area contributed by atoms with Crippen molar-refractivity contribution in [1.82, 2.24) is 14.7 Å². The normalized spacial score (nSPS) is 29.3. The van der Waals surface area contributed by atoms with Crippen LogP contribution < -0.4 is 0 Å². The second kappa shape index (κ2) is 7.39. The maximum atomic E-state index is 6.12.